The van der Waals surface area contributed by atoms with Crippen molar-refractivity contribution in [3.63, 3.8) is 0 Å². The molecule has 2 N–H and O–H groups in total. The number of carbonyl (C=O) groups excluding carboxylic acids is 1. The second kappa shape index (κ2) is 6.90. The molecule has 0 saturated heterocycles. The average molecular weight is 418 g/mol. The molecule has 0 aliphatic rings. The van der Waals surface area contributed by atoms with Crippen molar-refractivity contribution in [2.24, 2.45) is 0 Å². The number of benzene rings is 2. The van der Waals surface area contributed by atoms with Crippen LogP contribution in [0.25, 0.3) is 0 Å². The number of rotatable bonds is 2. The van der Waals surface area contributed by atoms with Crippen molar-refractivity contribution in [3.05, 3.63) is 63.2 Å². The van der Waals surface area contributed by atoms with E-state index in [1.807, 2.05) is 22.6 Å². The fraction of sp³-hybridized carbons (Fsp3) is 0. The molecule has 0 aliphatic heterocycles. The van der Waals surface area contributed by atoms with E-state index in [9.17, 15) is 13.6 Å². The molecule has 7 heteroatoms. The molecule has 0 aromatic heterocycles. The summed E-state index contributed by atoms with van der Waals surface area (Å²) in [6, 6.07) is 9.57. The van der Waals surface area contributed by atoms with Crippen LogP contribution in [0.5, 0.6) is 0 Å². The van der Waals surface area contributed by atoms with Crippen LogP contribution in [0.15, 0.2) is 42.5 Å². The molecule has 0 radical (unpaired) electrons. The molecular formula is C14H9F2IN2OS. The van der Waals surface area contributed by atoms with Gasteiger partial charge >= 0.3 is 0 Å². The molecule has 0 spiro atoms. The minimum Gasteiger partial charge on any atom is -0.330 e. The first-order chi connectivity index (χ1) is 9.95. The molecule has 3 nitrogen and oxygen atoms in total. The van der Waals surface area contributed by atoms with Crippen molar-refractivity contribution in [3.8, 4) is 0 Å². The summed E-state index contributed by atoms with van der Waals surface area (Å²) < 4.78 is 27.1. The summed E-state index contributed by atoms with van der Waals surface area (Å²) in [5, 5.41) is 4.96. The van der Waals surface area contributed by atoms with Crippen molar-refractivity contribution in [1.29, 1.82) is 0 Å². The Morgan fingerprint density at radius 1 is 1.10 bits per heavy atom. The second-order valence-corrected chi connectivity index (χ2v) is 5.69. The minimum atomic E-state index is -0.501. The van der Waals surface area contributed by atoms with Crippen LogP contribution in [0, 0.1) is 15.2 Å². The van der Waals surface area contributed by atoms with Gasteiger partial charge in [-0.1, -0.05) is 0 Å². The molecule has 2 rings (SSSR count). The van der Waals surface area contributed by atoms with Crippen LogP contribution < -0.4 is 10.6 Å². The van der Waals surface area contributed by atoms with E-state index < -0.39 is 17.5 Å². The Morgan fingerprint density at radius 2 is 1.76 bits per heavy atom. The third kappa shape index (κ3) is 4.43. The standard InChI is InChI=1S/C14H9F2IN2OS/c15-9-3-1-8(2-4-9)13(20)19-14(21)18-12-6-5-10(17)7-11(12)16/h1-7H,(H2,18,19,20,21). The van der Waals surface area contributed by atoms with E-state index in [1.165, 1.54) is 36.4 Å². The molecular weight excluding hydrogens is 409 g/mol. The summed E-state index contributed by atoms with van der Waals surface area (Å²) in [7, 11) is 0. The number of anilines is 1. The lowest BCUT2D eigenvalue weighted by Gasteiger charge is -2.10. The number of hydrogen-bond acceptors (Lipinski definition) is 2. The molecule has 0 atom stereocenters. The Labute approximate surface area is 138 Å². The highest BCUT2D eigenvalue weighted by atomic mass is 127. The van der Waals surface area contributed by atoms with E-state index in [-0.39, 0.29) is 16.4 Å². The Morgan fingerprint density at radius 3 is 2.38 bits per heavy atom. The third-order valence-electron chi connectivity index (χ3n) is 2.51. The lowest BCUT2D eigenvalue weighted by Crippen LogP contribution is -2.34. The Kier molecular flexibility index (Phi) is 5.18. The highest BCUT2D eigenvalue weighted by molar-refractivity contribution is 14.1. The van der Waals surface area contributed by atoms with Crippen LogP contribution in [0.4, 0.5) is 14.5 Å². The normalized spacial score (nSPS) is 10.0. The monoisotopic (exact) mass is 418 g/mol. The smallest absolute Gasteiger partial charge is 0.257 e. The molecule has 21 heavy (non-hydrogen) atoms. The fourth-order valence-electron chi connectivity index (χ4n) is 1.52. The number of nitrogens with one attached hydrogen (secondary N) is 2. The van der Waals surface area contributed by atoms with Crippen LogP contribution in [0.1, 0.15) is 10.4 Å². The number of hydrogen-bond donors (Lipinski definition) is 2. The van der Waals surface area contributed by atoms with Crippen LogP contribution >= 0.6 is 34.8 Å². The highest BCUT2D eigenvalue weighted by Crippen LogP contribution is 2.16. The predicted molar refractivity (Wildman–Crippen MR) is 89.2 cm³/mol. The van der Waals surface area contributed by atoms with Gasteiger partial charge in [0.25, 0.3) is 5.91 Å². The Hall–Kier alpha value is -1.61. The molecule has 0 saturated carbocycles. The first-order valence-electron chi connectivity index (χ1n) is 5.78. The third-order valence-corrected chi connectivity index (χ3v) is 3.39. The fourth-order valence-corrected chi connectivity index (χ4v) is 2.18. The number of amides is 1. The maximum atomic E-state index is 13.6. The molecule has 2 aromatic carbocycles. The largest absolute Gasteiger partial charge is 0.330 e. The maximum Gasteiger partial charge on any atom is 0.257 e. The van der Waals surface area contributed by atoms with Crippen molar-refractivity contribution < 1.29 is 13.6 Å². The van der Waals surface area contributed by atoms with Gasteiger partial charge < -0.3 is 5.32 Å². The minimum absolute atomic E-state index is 0.0376. The summed E-state index contributed by atoms with van der Waals surface area (Å²) in [6.45, 7) is 0. The Balaban J connectivity index is 2.01. The lowest BCUT2D eigenvalue weighted by molar-refractivity contribution is 0.0977. The first-order valence-corrected chi connectivity index (χ1v) is 7.27. The van der Waals surface area contributed by atoms with Crippen molar-refractivity contribution in [2.75, 3.05) is 5.32 Å². The van der Waals surface area contributed by atoms with E-state index >= 15 is 0 Å². The zero-order valence-corrected chi connectivity index (χ0v) is 13.5. The lowest BCUT2D eigenvalue weighted by atomic mass is 10.2. The average Bonchev–Trinajstić information content (AvgIpc) is 2.42. The van der Waals surface area contributed by atoms with Gasteiger partial charge in [0.2, 0.25) is 0 Å². The first kappa shape index (κ1) is 15.8. The number of halogens is 3. The van der Waals surface area contributed by atoms with E-state index in [2.05, 4.69) is 10.6 Å². The van der Waals surface area contributed by atoms with E-state index in [0.717, 1.165) is 3.57 Å². The zero-order chi connectivity index (χ0) is 15.4. The predicted octanol–water partition coefficient (Wildman–Crippen LogP) is 3.70. The molecule has 2 aromatic rings. The zero-order valence-electron chi connectivity index (χ0n) is 10.5. The van der Waals surface area contributed by atoms with Crippen LogP contribution in [-0.2, 0) is 0 Å². The van der Waals surface area contributed by atoms with Gasteiger partial charge in [0.1, 0.15) is 11.6 Å². The molecule has 0 heterocycles. The van der Waals surface area contributed by atoms with E-state index in [1.54, 1.807) is 6.07 Å². The summed E-state index contributed by atoms with van der Waals surface area (Å²) in [5.74, 6) is -1.41. The molecule has 0 aliphatic carbocycles. The molecule has 0 unspecified atom stereocenters. The topological polar surface area (TPSA) is 41.1 Å². The highest BCUT2D eigenvalue weighted by Gasteiger charge is 2.10. The summed E-state index contributed by atoms with van der Waals surface area (Å²) >= 11 is 6.93. The van der Waals surface area contributed by atoms with Gasteiger partial charge in [0.05, 0.1) is 5.69 Å². The van der Waals surface area contributed by atoms with Gasteiger partial charge in [-0.3, -0.25) is 10.1 Å². The van der Waals surface area contributed by atoms with Crippen molar-refractivity contribution >= 4 is 51.5 Å². The summed E-state index contributed by atoms with van der Waals surface area (Å²) in [4.78, 5) is 11.8. The van der Waals surface area contributed by atoms with Gasteiger partial charge in [-0.15, -0.1) is 0 Å². The SMILES string of the molecule is O=C(NC(=S)Nc1ccc(I)cc1F)c1ccc(F)cc1. The number of carbonyl (C=O) groups is 1. The summed E-state index contributed by atoms with van der Waals surface area (Å²) in [6.07, 6.45) is 0. The van der Waals surface area contributed by atoms with Gasteiger partial charge in [0, 0.05) is 9.13 Å². The molecule has 1 amide bonds. The molecule has 0 bridgehead atoms. The van der Waals surface area contributed by atoms with Crippen LogP contribution in [0.2, 0.25) is 0 Å². The van der Waals surface area contributed by atoms with E-state index in [0.29, 0.717) is 0 Å². The van der Waals surface area contributed by atoms with Crippen molar-refractivity contribution in [2.45, 2.75) is 0 Å². The van der Waals surface area contributed by atoms with Gasteiger partial charge in [-0.2, -0.15) is 0 Å². The quantitative estimate of drug-likeness (QED) is 0.578. The van der Waals surface area contributed by atoms with Gasteiger partial charge in [0.15, 0.2) is 5.11 Å². The van der Waals surface area contributed by atoms with Crippen LogP contribution in [0.3, 0.4) is 0 Å². The van der Waals surface area contributed by atoms with Crippen LogP contribution in [-0.4, -0.2) is 11.0 Å². The Bertz CT molecular complexity index is 692. The van der Waals surface area contributed by atoms with Gasteiger partial charge in [-0.05, 0) is 77.3 Å². The molecule has 0 fully saturated rings. The summed E-state index contributed by atoms with van der Waals surface area (Å²) in [5.41, 5.74) is 0.420. The van der Waals surface area contributed by atoms with Crippen molar-refractivity contribution in [1.82, 2.24) is 5.32 Å². The van der Waals surface area contributed by atoms with Gasteiger partial charge in [-0.25, -0.2) is 8.78 Å². The molecule has 108 valence electrons. The number of thiocarbonyl (C=S) groups is 1. The maximum absolute atomic E-state index is 13.6. The van der Waals surface area contributed by atoms with E-state index in [4.69, 9.17) is 12.2 Å². The second-order valence-electron chi connectivity index (χ2n) is 4.04.